The first-order valence-corrected chi connectivity index (χ1v) is 5.64. The fourth-order valence-corrected chi connectivity index (χ4v) is 2.23. The molecular weight excluding hydrogens is 212 g/mol. The molecule has 2 rings (SSSR count). The third kappa shape index (κ3) is 2.33. The lowest BCUT2D eigenvalue weighted by Crippen LogP contribution is -2.18. The molecule has 0 bridgehead atoms. The van der Waals surface area contributed by atoms with Crippen molar-refractivity contribution in [1.29, 1.82) is 0 Å². The van der Waals surface area contributed by atoms with Crippen molar-refractivity contribution in [2.75, 3.05) is 0 Å². The molecule has 2 nitrogen and oxygen atoms in total. The van der Waals surface area contributed by atoms with Gasteiger partial charge in [-0.25, -0.2) is 0 Å². The average molecular weight is 227 g/mol. The third-order valence-corrected chi connectivity index (χ3v) is 3.19. The highest BCUT2D eigenvalue weighted by Crippen LogP contribution is 2.32. The van der Waals surface area contributed by atoms with Crippen molar-refractivity contribution in [3.8, 4) is 0 Å². The van der Waals surface area contributed by atoms with Crippen LogP contribution in [0.3, 0.4) is 0 Å². The smallest absolute Gasteiger partial charge is 0.107 e. The highest BCUT2D eigenvalue weighted by atomic mass is 35.5. The highest BCUT2D eigenvalue weighted by molar-refractivity contribution is 6.31. The molecule has 1 aromatic rings. The van der Waals surface area contributed by atoms with Gasteiger partial charge in [-0.1, -0.05) is 29.8 Å². The van der Waals surface area contributed by atoms with Gasteiger partial charge in [0, 0.05) is 10.6 Å². The molecule has 0 aliphatic carbocycles. The summed E-state index contributed by atoms with van der Waals surface area (Å²) in [6.45, 7) is 2.03. The van der Waals surface area contributed by atoms with Gasteiger partial charge >= 0.3 is 0 Å². The molecule has 3 unspecified atom stereocenters. The van der Waals surface area contributed by atoms with Gasteiger partial charge < -0.3 is 9.84 Å². The Morgan fingerprint density at radius 1 is 1.40 bits per heavy atom. The van der Waals surface area contributed by atoms with Crippen LogP contribution < -0.4 is 0 Å². The van der Waals surface area contributed by atoms with Crippen LogP contribution in [0, 0.1) is 0 Å². The third-order valence-electron chi connectivity index (χ3n) is 2.84. The minimum absolute atomic E-state index is 0.111. The molecule has 3 atom stereocenters. The first-order valence-electron chi connectivity index (χ1n) is 5.26. The van der Waals surface area contributed by atoms with E-state index >= 15 is 0 Å². The van der Waals surface area contributed by atoms with E-state index in [0.29, 0.717) is 5.02 Å². The van der Waals surface area contributed by atoms with Crippen molar-refractivity contribution in [2.24, 2.45) is 0 Å². The number of rotatable bonds is 2. The summed E-state index contributed by atoms with van der Waals surface area (Å²) in [6.07, 6.45) is 1.43. The Labute approximate surface area is 94.8 Å². The fourth-order valence-electron chi connectivity index (χ4n) is 1.98. The number of ether oxygens (including phenoxy) is 1. The summed E-state index contributed by atoms with van der Waals surface area (Å²) >= 11 is 6.02. The van der Waals surface area contributed by atoms with Crippen LogP contribution in [0.15, 0.2) is 24.3 Å². The van der Waals surface area contributed by atoms with Crippen LogP contribution in [0.1, 0.15) is 31.4 Å². The van der Waals surface area contributed by atoms with Gasteiger partial charge in [-0.15, -0.1) is 0 Å². The van der Waals surface area contributed by atoms with Crippen molar-refractivity contribution in [1.82, 2.24) is 0 Å². The topological polar surface area (TPSA) is 29.5 Å². The van der Waals surface area contributed by atoms with Crippen LogP contribution in [0.5, 0.6) is 0 Å². The zero-order valence-corrected chi connectivity index (χ0v) is 9.45. The maximum atomic E-state index is 10.1. The molecule has 82 valence electrons. The van der Waals surface area contributed by atoms with Crippen molar-refractivity contribution in [3.05, 3.63) is 34.9 Å². The average Bonchev–Trinajstić information content (AvgIpc) is 2.65. The minimum atomic E-state index is -0.608. The second-order valence-corrected chi connectivity index (χ2v) is 4.44. The Bertz CT molecular complexity index is 340. The number of hydrogen-bond acceptors (Lipinski definition) is 2. The van der Waals surface area contributed by atoms with E-state index in [1.807, 2.05) is 25.1 Å². The number of halogens is 1. The summed E-state index contributed by atoms with van der Waals surface area (Å²) in [6, 6.07) is 7.37. The molecule has 1 aliphatic heterocycles. The SMILES string of the molecule is CC1CCC(C(O)c2ccccc2Cl)O1. The van der Waals surface area contributed by atoms with Crippen molar-refractivity contribution < 1.29 is 9.84 Å². The Balaban J connectivity index is 2.14. The lowest BCUT2D eigenvalue weighted by Gasteiger charge is -2.19. The Hall–Kier alpha value is -0.570. The molecule has 0 aromatic heterocycles. The Morgan fingerprint density at radius 2 is 2.13 bits per heavy atom. The van der Waals surface area contributed by atoms with Crippen LogP contribution in [0.25, 0.3) is 0 Å². The van der Waals surface area contributed by atoms with Gasteiger partial charge in [0.25, 0.3) is 0 Å². The molecule has 3 heteroatoms. The Morgan fingerprint density at radius 3 is 2.73 bits per heavy atom. The molecule has 1 N–H and O–H groups in total. The summed E-state index contributed by atoms with van der Waals surface area (Å²) < 4.78 is 5.62. The maximum Gasteiger partial charge on any atom is 0.107 e. The first-order chi connectivity index (χ1) is 7.18. The molecule has 0 spiro atoms. The maximum absolute atomic E-state index is 10.1. The van der Waals surface area contributed by atoms with Gasteiger partial charge in [0.05, 0.1) is 12.2 Å². The summed E-state index contributed by atoms with van der Waals surface area (Å²) in [5.74, 6) is 0. The second-order valence-electron chi connectivity index (χ2n) is 4.03. The normalized spacial score (nSPS) is 27.9. The molecule has 15 heavy (non-hydrogen) atoms. The molecular formula is C12H15ClO2. The quantitative estimate of drug-likeness (QED) is 0.840. The summed E-state index contributed by atoms with van der Waals surface area (Å²) in [5.41, 5.74) is 0.762. The van der Waals surface area contributed by atoms with E-state index in [9.17, 15) is 5.11 Å². The van der Waals surface area contributed by atoms with E-state index in [-0.39, 0.29) is 12.2 Å². The van der Waals surface area contributed by atoms with Crippen LogP contribution >= 0.6 is 11.6 Å². The monoisotopic (exact) mass is 226 g/mol. The molecule has 1 heterocycles. The minimum Gasteiger partial charge on any atom is -0.386 e. The zero-order chi connectivity index (χ0) is 10.8. The summed E-state index contributed by atoms with van der Waals surface area (Å²) in [4.78, 5) is 0. The molecule has 1 fully saturated rings. The lowest BCUT2D eigenvalue weighted by molar-refractivity contribution is -0.0297. The van der Waals surface area contributed by atoms with Crippen molar-refractivity contribution in [2.45, 2.75) is 38.1 Å². The standard InChI is InChI=1S/C12H15ClO2/c1-8-6-7-11(15-8)12(14)9-4-2-3-5-10(9)13/h2-5,8,11-12,14H,6-7H2,1H3. The number of benzene rings is 1. The van der Waals surface area contributed by atoms with Gasteiger partial charge in [0.1, 0.15) is 6.10 Å². The van der Waals surface area contributed by atoms with Crippen LogP contribution in [0.4, 0.5) is 0 Å². The number of hydrogen-bond donors (Lipinski definition) is 1. The highest BCUT2D eigenvalue weighted by Gasteiger charge is 2.30. The van der Waals surface area contributed by atoms with Gasteiger partial charge in [0.2, 0.25) is 0 Å². The van der Waals surface area contributed by atoms with E-state index in [2.05, 4.69) is 0 Å². The zero-order valence-electron chi connectivity index (χ0n) is 8.69. The van der Waals surface area contributed by atoms with Crippen LogP contribution in [-0.4, -0.2) is 17.3 Å². The molecule has 1 aromatic carbocycles. The summed E-state index contributed by atoms with van der Waals surface area (Å²) in [5, 5.41) is 10.7. The molecule has 1 saturated heterocycles. The van der Waals surface area contributed by atoms with E-state index in [1.54, 1.807) is 6.07 Å². The van der Waals surface area contributed by atoms with Crippen molar-refractivity contribution >= 4 is 11.6 Å². The summed E-state index contributed by atoms with van der Waals surface area (Å²) in [7, 11) is 0. The largest absolute Gasteiger partial charge is 0.386 e. The van der Waals surface area contributed by atoms with E-state index in [1.165, 1.54) is 0 Å². The number of aliphatic hydroxyl groups excluding tert-OH is 1. The van der Waals surface area contributed by atoms with Crippen molar-refractivity contribution in [3.63, 3.8) is 0 Å². The van der Waals surface area contributed by atoms with E-state index in [0.717, 1.165) is 18.4 Å². The fraction of sp³-hybridized carbons (Fsp3) is 0.500. The van der Waals surface area contributed by atoms with Gasteiger partial charge in [0.15, 0.2) is 0 Å². The molecule has 0 amide bonds. The molecule has 0 radical (unpaired) electrons. The Kier molecular flexibility index (Phi) is 3.29. The predicted octanol–water partition coefficient (Wildman–Crippen LogP) is 2.94. The van der Waals surface area contributed by atoms with Gasteiger partial charge in [-0.2, -0.15) is 0 Å². The van der Waals surface area contributed by atoms with E-state index < -0.39 is 6.10 Å². The predicted molar refractivity (Wildman–Crippen MR) is 60.0 cm³/mol. The molecule has 0 saturated carbocycles. The van der Waals surface area contributed by atoms with E-state index in [4.69, 9.17) is 16.3 Å². The first kappa shape index (κ1) is 10.9. The second kappa shape index (κ2) is 4.52. The van der Waals surface area contributed by atoms with Gasteiger partial charge in [-0.3, -0.25) is 0 Å². The number of aliphatic hydroxyl groups is 1. The van der Waals surface area contributed by atoms with Gasteiger partial charge in [-0.05, 0) is 25.8 Å². The van der Waals surface area contributed by atoms with Crippen LogP contribution in [0.2, 0.25) is 5.02 Å². The molecule has 1 aliphatic rings. The van der Waals surface area contributed by atoms with Crippen LogP contribution in [-0.2, 0) is 4.74 Å². The lowest BCUT2D eigenvalue weighted by atomic mass is 10.0.